The van der Waals surface area contributed by atoms with Crippen LogP contribution in [0.2, 0.25) is 0 Å². The molecule has 164 valence electrons. The van der Waals surface area contributed by atoms with Gasteiger partial charge in [0.05, 0.1) is 0 Å². The Morgan fingerprint density at radius 2 is 1.59 bits per heavy atom. The third kappa shape index (κ3) is 6.95. The number of ether oxygens (including phenoxy) is 2. The van der Waals surface area contributed by atoms with Crippen LogP contribution >= 0.6 is 15.9 Å². The number of esters is 1. The lowest BCUT2D eigenvalue weighted by Gasteiger charge is -2.12. The second-order valence-corrected chi connectivity index (χ2v) is 7.72. The Morgan fingerprint density at radius 1 is 0.875 bits per heavy atom. The van der Waals surface area contributed by atoms with Gasteiger partial charge in [-0.1, -0.05) is 46.3 Å². The van der Waals surface area contributed by atoms with E-state index in [1.54, 1.807) is 48.5 Å². The quantitative estimate of drug-likeness (QED) is 0.437. The molecule has 0 aromatic heterocycles. The monoisotopic (exact) mass is 496 g/mol. The fraction of sp³-hybridized carbons (Fsp3) is 0.125. The van der Waals surface area contributed by atoms with Crippen molar-refractivity contribution in [2.75, 3.05) is 17.2 Å². The molecule has 2 amide bonds. The van der Waals surface area contributed by atoms with E-state index in [0.717, 1.165) is 10.0 Å². The van der Waals surface area contributed by atoms with Gasteiger partial charge >= 0.3 is 5.97 Å². The zero-order valence-electron chi connectivity index (χ0n) is 17.3. The van der Waals surface area contributed by atoms with E-state index in [2.05, 4.69) is 26.6 Å². The molecule has 0 spiro atoms. The molecule has 0 aliphatic heterocycles. The van der Waals surface area contributed by atoms with Crippen LogP contribution < -0.4 is 15.4 Å². The fourth-order valence-corrected chi connectivity index (χ4v) is 3.28. The van der Waals surface area contributed by atoms with Gasteiger partial charge in [-0.15, -0.1) is 0 Å². The number of nitrogens with one attached hydrogen (secondary N) is 2. The first-order valence-corrected chi connectivity index (χ1v) is 10.5. The Morgan fingerprint density at radius 3 is 2.34 bits per heavy atom. The number of amides is 2. The first-order valence-electron chi connectivity index (χ1n) is 9.71. The molecule has 0 saturated carbocycles. The standard InChI is InChI=1S/C24H21BrN2O5/c1-16(28)26-19-8-5-9-20(13-19)27-23(29)15-32-24(30)21-10-2-3-11-22(21)31-14-17-6-4-7-18(25)12-17/h2-13H,14-15H2,1H3,(H,26,28)(H,27,29). The van der Waals surface area contributed by atoms with E-state index in [4.69, 9.17) is 9.47 Å². The Hall–Kier alpha value is -3.65. The highest BCUT2D eigenvalue weighted by molar-refractivity contribution is 9.10. The Balaban J connectivity index is 1.57. The van der Waals surface area contributed by atoms with Gasteiger partial charge in [-0.25, -0.2) is 4.79 Å². The molecule has 8 heteroatoms. The van der Waals surface area contributed by atoms with E-state index < -0.39 is 18.5 Å². The van der Waals surface area contributed by atoms with Crippen LogP contribution in [-0.4, -0.2) is 24.4 Å². The van der Waals surface area contributed by atoms with Gasteiger partial charge in [0.25, 0.3) is 5.91 Å². The van der Waals surface area contributed by atoms with E-state index in [9.17, 15) is 14.4 Å². The highest BCUT2D eigenvalue weighted by Gasteiger charge is 2.16. The number of hydrogen-bond acceptors (Lipinski definition) is 5. The van der Waals surface area contributed by atoms with Gasteiger partial charge in [0.15, 0.2) is 6.61 Å². The minimum absolute atomic E-state index is 0.219. The smallest absolute Gasteiger partial charge is 0.342 e. The minimum Gasteiger partial charge on any atom is -0.488 e. The molecule has 2 N–H and O–H groups in total. The van der Waals surface area contributed by atoms with Crippen molar-refractivity contribution < 1.29 is 23.9 Å². The van der Waals surface area contributed by atoms with E-state index in [-0.39, 0.29) is 18.1 Å². The summed E-state index contributed by atoms with van der Waals surface area (Å²) in [4.78, 5) is 35.9. The van der Waals surface area contributed by atoms with Crippen molar-refractivity contribution in [3.8, 4) is 5.75 Å². The van der Waals surface area contributed by atoms with Gasteiger partial charge in [-0.3, -0.25) is 9.59 Å². The van der Waals surface area contributed by atoms with Crippen LogP contribution in [0.25, 0.3) is 0 Å². The number of benzene rings is 3. The van der Waals surface area contributed by atoms with Gasteiger partial charge in [0.2, 0.25) is 5.91 Å². The van der Waals surface area contributed by atoms with Gasteiger partial charge in [0, 0.05) is 22.8 Å². The van der Waals surface area contributed by atoms with E-state index in [1.165, 1.54) is 6.92 Å². The third-order valence-corrected chi connectivity index (χ3v) is 4.68. The van der Waals surface area contributed by atoms with Crippen LogP contribution in [0.5, 0.6) is 5.75 Å². The van der Waals surface area contributed by atoms with Crippen LogP contribution in [0, 0.1) is 0 Å². The lowest BCUT2D eigenvalue weighted by molar-refractivity contribution is -0.119. The summed E-state index contributed by atoms with van der Waals surface area (Å²) in [5, 5.41) is 5.26. The minimum atomic E-state index is -0.669. The van der Waals surface area contributed by atoms with Crippen LogP contribution in [0.4, 0.5) is 11.4 Å². The van der Waals surface area contributed by atoms with Crippen LogP contribution in [0.1, 0.15) is 22.8 Å². The molecule has 0 aliphatic rings. The number of anilines is 2. The van der Waals surface area contributed by atoms with Crippen molar-refractivity contribution in [3.63, 3.8) is 0 Å². The van der Waals surface area contributed by atoms with Crippen LogP contribution in [0.15, 0.2) is 77.3 Å². The number of carbonyl (C=O) groups excluding carboxylic acids is 3. The number of hydrogen-bond donors (Lipinski definition) is 2. The van der Waals surface area contributed by atoms with E-state index >= 15 is 0 Å². The normalized spacial score (nSPS) is 10.2. The first-order chi connectivity index (χ1) is 15.4. The largest absolute Gasteiger partial charge is 0.488 e. The second-order valence-electron chi connectivity index (χ2n) is 6.80. The number of carbonyl (C=O) groups is 3. The van der Waals surface area contributed by atoms with Crippen molar-refractivity contribution in [2.45, 2.75) is 13.5 Å². The summed E-state index contributed by atoms with van der Waals surface area (Å²) in [6.45, 7) is 1.20. The summed E-state index contributed by atoms with van der Waals surface area (Å²) in [5.74, 6) is -1.04. The van der Waals surface area contributed by atoms with Gasteiger partial charge in [-0.05, 0) is 48.0 Å². The average Bonchev–Trinajstić information content (AvgIpc) is 2.76. The molecule has 32 heavy (non-hydrogen) atoms. The first kappa shape index (κ1) is 23.0. The summed E-state index contributed by atoms with van der Waals surface area (Å²) in [7, 11) is 0. The van der Waals surface area contributed by atoms with E-state index in [1.807, 2.05) is 24.3 Å². The molecule has 0 unspecified atom stereocenters. The maximum absolute atomic E-state index is 12.5. The van der Waals surface area contributed by atoms with Crippen molar-refractivity contribution in [3.05, 3.63) is 88.4 Å². The molecule has 0 atom stereocenters. The SMILES string of the molecule is CC(=O)Nc1cccc(NC(=O)COC(=O)c2ccccc2OCc2cccc(Br)c2)c1. The number of rotatable bonds is 8. The molecule has 0 radical (unpaired) electrons. The van der Waals surface area contributed by atoms with Crippen molar-refractivity contribution >= 4 is 45.1 Å². The van der Waals surface area contributed by atoms with Crippen molar-refractivity contribution in [1.82, 2.24) is 0 Å². The molecule has 7 nitrogen and oxygen atoms in total. The molecule has 0 fully saturated rings. The maximum atomic E-state index is 12.5. The molecule has 0 saturated heterocycles. The fourth-order valence-electron chi connectivity index (χ4n) is 2.83. The maximum Gasteiger partial charge on any atom is 0.342 e. The predicted molar refractivity (Wildman–Crippen MR) is 125 cm³/mol. The highest BCUT2D eigenvalue weighted by atomic mass is 79.9. The van der Waals surface area contributed by atoms with Gasteiger partial charge in [0.1, 0.15) is 17.9 Å². The second kappa shape index (κ2) is 11.1. The molecule has 0 aliphatic carbocycles. The van der Waals surface area contributed by atoms with E-state index in [0.29, 0.717) is 17.1 Å². The zero-order chi connectivity index (χ0) is 22.9. The third-order valence-electron chi connectivity index (χ3n) is 4.19. The average molecular weight is 497 g/mol. The Labute approximate surface area is 193 Å². The molecule has 3 rings (SSSR count). The number of halogens is 1. The number of para-hydroxylation sites is 1. The lowest BCUT2D eigenvalue weighted by atomic mass is 10.2. The predicted octanol–water partition coefficient (Wildman–Crippen LogP) is 4.78. The summed E-state index contributed by atoms with van der Waals surface area (Å²) >= 11 is 3.41. The van der Waals surface area contributed by atoms with Crippen molar-refractivity contribution in [1.29, 1.82) is 0 Å². The van der Waals surface area contributed by atoms with Crippen LogP contribution in [-0.2, 0) is 20.9 Å². The Bertz CT molecular complexity index is 1130. The van der Waals surface area contributed by atoms with Gasteiger partial charge in [-0.2, -0.15) is 0 Å². The molecule has 0 heterocycles. The zero-order valence-corrected chi connectivity index (χ0v) is 18.8. The highest BCUT2D eigenvalue weighted by Crippen LogP contribution is 2.21. The lowest BCUT2D eigenvalue weighted by Crippen LogP contribution is -2.21. The summed E-state index contributed by atoms with van der Waals surface area (Å²) in [6, 6.07) is 21.0. The summed E-state index contributed by atoms with van der Waals surface area (Å²) < 4.78 is 11.9. The molecule has 3 aromatic carbocycles. The van der Waals surface area contributed by atoms with Crippen LogP contribution in [0.3, 0.4) is 0 Å². The molecular formula is C24H21BrN2O5. The van der Waals surface area contributed by atoms with Gasteiger partial charge < -0.3 is 20.1 Å². The molecular weight excluding hydrogens is 476 g/mol. The van der Waals surface area contributed by atoms with Crippen molar-refractivity contribution in [2.24, 2.45) is 0 Å². The summed E-state index contributed by atoms with van der Waals surface area (Å²) in [6.07, 6.45) is 0. The topological polar surface area (TPSA) is 93.7 Å². The molecule has 0 bridgehead atoms. The summed E-state index contributed by atoms with van der Waals surface area (Å²) in [5.41, 5.74) is 2.17. The molecule has 3 aromatic rings. The Kier molecular flexibility index (Phi) is 7.99.